The number of anilines is 5. The lowest BCUT2D eigenvalue weighted by atomic mass is 9.86. The van der Waals surface area contributed by atoms with Gasteiger partial charge in [0, 0.05) is 41.3 Å². The number of nitrogens with zero attached hydrogens (tertiary/aromatic N) is 3. The van der Waals surface area contributed by atoms with E-state index in [4.69, 9.17) is 19.9 Å². The van der Waals surface area contributed by atoms with E-state index >= 15 is 0 Å². The van der Waals surface area contributed by atoms with E-state index in [1.807, 2.05) is 45.0 Å². The Hall–Kier alpha value is -6.06. The maximum atomic E-state index is 13.4. The Labute approximate surface area is 339 Å². The molecule has 15 heteroatoms. The molecule has 6 rings (SSSR count). The van der Waals surface area contributed by atoms with Crippen molar-refractivity contribution in [3.8, 4) is 23.0 Å². The molecule has 0 radical (unpaired) electrons. The summed E-state index contributed by atoms with van der Waals surface area (Å²) in [6.45, 7) is 8.62. The summed E-state index contributed by atoms with van der Waals surface area (Å²) in [6.07, 6.45) is 4.77. The lowest BCUT2D eigenvalue weighted by molar-refractivity contribution is 0.0936. The smallest absolute Gasteiger partial charge is 0.324 e. The fraction of sp³-hybridized carbons (Fsp3) is 0.326. The molecule has 2 heterocycles. The zero-order valence-electron chi connectivity index (χ0n) is 33.9. The number of nitrogens with one attached hydrogen (secondary N) is 3. The van der Waals surface area contributed by atoms with Gasteiger partial charge < -0.3 is 35.5 Å². The first-order valence-corrected chi connectivity index (χ1v) is 20.8. The highest BCUT2D eigenvalue weighted by Gasteiger charge is 2.28. The largest absolute Gasteiger partial charge is 0.496 e. The van der Waals surface area contributed by atoms with Crippen molar-refractivity contribution in [3.05, 3.63) is 96.2 Å². The van der Waals surface area contributed by atoms with Crippen molar-refractivity contribution >= 4 is 61.3 Å². The Morgan fingerprint density at radius 1 is 0.914 bits per heavy atom. The monoisotopic (exact) mass is 809 g/mol. The predicted molar refractivity (Wildman–Crippen MR) is 229 cm³/mol. The molecule has 1 aromatic heterocycles. The number of aromatic nitrogens is 1. The molecule has 5 aromatic rings. The lowest BCUT2D eigenvalue weighted by Gasteiger charge is -2.29. The lowest BCUT2D eigenvalue weighted by Crippen LogP contribution is -2.36. The third kappa shape index (κ3) is 9.72. The number of carbonyl (C=O) groups is 2. The molecular formula is C43H51N7O7S. The third-order valence-corrected chi connectivity index (χ3v) is 10.7. The van der Waals surface area contributed by atoms with Crippen LogP contribution in [-0.2, 0) is 15.4 Å². The van der Waals surface area contributed by atoms with Gasteiger partial charge in [-0.25, -0.2) is 18.2 Å². The number of rotatable bonds is 13. The highest BCUT2D eigenvalue weighted by Crippen LogP contribution is 2.46. The average Bonchev–Trinajstić information content (AvgIpc) is 3.17. The molecule has 1 aliphatic rings. The van der Waals surface area contributed by atoms with Gasteiger partial charge in [0.2, 0.25) is 10.0 Å². The molecule has 3 amide bonds. The van der Waals surface area contributed by atoms with Gasteiger partial charge in [-0.05, 0) is 92.3 Å². The number of primary amides is 1. The average molecular weight is 810 g/mol. The minimum Gasteiger partial charge on any atom is -0.496 e. The van der Waals surface area contributed by atoms with Crippen LogP contribution in [-0.4, -0.2) is 77.4 Å². The van der Waals surface area contributed by atoms with Crippen LogP contribution in [0.3, 0.4) is 0 Å². The van der Waals surface area contributed by atoms with Crippen molar-refractivity contribution in [2.24, 2.45) is 11.7 Å². The van der Waals surface area contributed by atoms with Gasteiger partial charge in [-0.3, -0.25) is 14.4 Å². The zero-order chi connectivity index (χ0) is 41.8. The molecule has 306 valence electrons. The molecule has 1 fully saturated rings. The minimum atomic E-state index is -3.72. The van der Waals surface area contributed by atoms with Crippen LogP contribution in [0.2, 0.25) is 0 Å². The first kappa shape index (κ1) is 41.6. The molecule has 58 heavy (non-hydrogen) atoms. The first-order valence-electron chi connectivity index (χ1n) is 18.9. The van der Waals surface area contributed by atoms with Gasteiger partial charge >= 0.3 is 6.03 Å². The predicted octanol–water partition coefficient (Wildman–Crippen LogP) is 7.75. The molecule has 0 spiro atoms. The number of ether oxygens (including phenoxy) is 3. The second-order valence-electron chi connectivity index (χ2n) is 15.5. The summed E-state index contributed by atoms with van der Waals surface area (Å²) in [5, 5.41) is 7.66. The van der Waals surface area contributed by atoms with Gasteiger partial charge in [-0.15, -0.1) is 0 Å². The zero-order valence-corrected chi connectivity index (χ0v) is 34.7. The van der Waals surface area contributed by atoms with E-state index in [9.17, 15) is 18.0 Å². The number of pyridine rings is 1. The SMILES string of the molecule is COc1cc(Nc2cc(Oc3ccc(N(C(N)=O)c4cc(C(C)(C)C)cc(NS(C)(=O)=O)c4OC)c4ccccc34)ccn2)ccc1C(=O)NCC1CCN(C)CC1. The standard InChI is InChI=1S/C43H51N7O7S/c1-43(2,3)28-22-34(48-58(7,53)54)40(56-6)36(23-28)50(42(44)52)35-14-15-37(32-11-9-8-10-31(32)35)57-30-16-19-45-39(25-30)47-29-12-13-33(38(24-29)55-5)41(51)46-26-27-17-20-49(4)21-18-27/h8-16,19,22-25,27,48H,17-18,20-21,26H2,1-7H3,(H2,44,52)(H,45,47)(H,46,51). The number of benzene rings is 4. The van der Waals surface area contributed by atoms with E-state index in [-0.39, 0.29) is 23.0 Å². The van der Waals surface area contributed by atoms with Gasteiger partial charge in [0.25, 0.3) is 5.91 Å². The number of likely N-dealkylation sites (tertiary alicyclic amines) is 1. The highest BCUT2D eigenvalue weighted by atomic mass is 32.2. The number of nitrogens with two attached hydrogens (primary N) is 1. The molecule has 0 bridgehead atoms. The van der Waals surface area contributed by atoms with Crippen molar-refractivity contribution < 1.29 is 32.2 Å². The van der Waals surface area contributed by atoms with E-state index < -0.39 is 21.5 Å². The van der Waals surface area contributed by atoms with Gasteiger partial charge in [-0.1, -0.05) is 45.0 Å². The van der Waals surface area contributed by atoms with Crippen LogP contribution in [0, 0.1) is 5.92 Å². The summed E-state index contributed by atoms with van der Waals surface area (Å²) in [5.41, 5.74) is 8.37. The van der Waals surface area contributed by atoms with Crippen molar-refractivity contribution in [2.75, 3.05) is 62.1 Å². The highest BCUT2D eigenvalue weighted by molar-refractivity contribution is 7.92. The van der Waals surface area contributed by atoms with Crippen molar-refractivity contribution in [3.63, 3.8) is 0 Å². The second-order valence-corrected chi connectivity index (χ2v) is 17.2. The molecule has 0 saturated carbocycles. The quantitative estimate of drug-likeness (QED) is 0.0920. The summed E-state index contributed by atoms with van der Waals surface area (Å²) < 4.78 is 45.1. The molecular weight excluding hydrogens is 759 g/mol. The normalized spacial score (nSPS) is 13.8. The van der Waals surface area contributed by atoms with Crippen LogP contribution in [0.4, 0.5) is 33.4 Å². The Bertz CT molecular complexity index is 2430. The van der Waals surface area contributed by atoms with Crippen LogP contribution in [0.25, 0.3) is 10.8 Å². The van der Waals surface area contributed by atoms with Crippen molar-refractivity contribution in [1.82, 2.24) is 15.2 Å². The molecule has 0 unspecified atom stereocenters. The molecule has 0 atom stereocenters. The van der Waals surface area contributed by atoms with Crippen LogP contribution >= 0.6 is 0 Å². The summed E-state index contributed by atoms with van der Waals surface area (Å²) >= 11 is 0. The number of sulfonamides is 1. The number of urea groups is 1. The van der Waals surface area contributed by atoms with E-state index in [1.165, 1.54) is 19.1 Å². The summed E-state index contributed by atoms with van der Waals surface area (Å²) in [7, 11) is 1.33. The van der Waals surface area contributed by atoms with Gasteiger partial charge in [-0.2, -0.15) is 0 Å². The van der Waals surface area contributed by atoms with Gasteiger partial charge in [0.15, 0.2) is 5.75 Å². The second kappa shape index (κ2) is 17.2. The maximum absolute atomic E-state index is 13.4. The fourth-order valence-electron chi connectivity index (χ4n) is 6.98. The summed E-state index contributed by atoms with van der Waals surface area (Å²) in [6, 6.07) is 22.3. The van der Waals surface area contributed by atoms with E-state index in [1.54, 1.807) is 60.8 Å². The minimum absolute atomic E-state index is 0.122. The number of carbonyl (C=O) groups excluding carboxylic acids is 2. The van der Waals surface area contributed by atoms with Gasteiger partial charge in [0.05, 0.1) is 43.1 Å². The van der Waals surface area contributed by atoms with Crippen LogP contribution in [0.5, 0.6) is 23.0 Å². The van der Waals surface area contributed by atoms with E-state index in [0.29, 0.717) is 63.2 Å². The van der Waals surface area contributed by atoms with Gasteiger partial charge in [0.1, 0.15) is 23.1 Å². The number of hydrogen-bond donors (Lipinski definition) is 4. The number of piperidine rings is 1. The molecule has 0 aliphatic carbocycles. The maximum Gasteiger partial charge on any atom is 0.324 e. The molecule has 4 aromatic carbocycles. The van der Waals surface area contributed by atoms with Crippen LogP contribution in [0.15, 0.2) is 85.1 Å². The molecule has 5 N–H and O–H groups in total. The summed E-state index contributed by atoms with van der Waals surface area (Å²) in [5.74, 6) is 2.29. The number of amides is 3. The number of methoxy groups -OCH3 is 2. The Morgan fingerprint density at radius 2 is 1.64 bits per heavy atom. The van der Waals surface area contributed by atoms with Crippen LogP contribution < -0.4 is 40.2 Å². The van der Waals surface area contributed by atoms with Crippen molar-refractivity contribution in [1.29, 1.82) is 0 Å². The molecule has 1 saturated heterocycles. The fourth-order valence-corrected chi connectivity index (χ4v) is 7.53. The van der Waals surface area contributed by atoms with Crippen molar-refractivity contribution in [2.45, 2.75) is 39.0 Å². The van der Waals surface area contributed by atoms with Crippen LogP contribution in [0.1, 0.15) is 49.5 Å². The molecule has 14 nitrogen and oxygen atoms in total. The first-order chi connectivity index (χ1) is 27.5. The Balaban J connectivity index is 1.27. The van der Waals surface area contributed by atoms with E-state index in [0.717, 1.165) is 37.8 Å². The number of fused-ring (bicyclic) bond motifs is 1. The topological polar surface area (TPSA) is 177 Å². The Kier molecular flexibility index (Phi) is 12.3. The Morgan fingerprint density at radius 3 is 2.29 bits per heavy atom. The molecule has 1 aliphatic heterocycles. The number of hydrogen-bond acceptors (Lipinski definition) is 10. The summed E-state index contributed by atoms with van der Waals surface area (Å²) in [4.78, 5) is 34.6. The third-order valence-electron chi connectivity index (χ3n) is 10.1. The van der Waals surface area contributed by atoms with E-state index in [2.05, 4.69) is 32.3 Å².